The van der Waals surface area contributed by atoms with Crippen LogP contribution in [0.2, 0.25) is 0 Å². The van der Waals surface area contributed by atoms with Crippen molar-refractivity contribution in [2.45, 2.75) is 13.0 Å². The summed E-state index contributed by atoms with van der Waals surface area (Å²) in [5.41, 5.74) is 1.57. The molecule has 1 aromatic heterocycles. The number of aliphatic hydroxyl groups excluding tert-OH is 1. The van der Waals surface area contributed by atoms with Crippen molar-refractivity contribution in [3.8, 4) is 5.75 Å². The fourth-order valence-corrected chi connectivity index (χ4v) is 1.76. The molecule has 0 spiro atoms. The number of hydrogen-bond acceptors (Lipinski definition) is 3. The first-order valence-corrected chi connectivity index (χ1v) is 5.61. The molecular formula is C13H16N2O2. The third-order valence-electron chi connectivity index (χ3n) is 2.62. The Bertz CT molecular complexity index is 494. The monoisotopic (exact) mass is 232 g/mol. The van der Waals surface area contributed by atoms with E-state index in [1.165, 1.54) is 0 Å². The summed E-state index contributed by atoms with van der Waals surface area (Å²) in [5, 5.41) is 14.3. The van der Waals surface area contributed by atoms with Gasteiger partial charge in [-0.3, -0.25) is 4.68 Å². The number of rotatable bonds is 4. The van der Waals surface area contributed by atoms with Crippen LogP contribution in [0.3, 0.4) is 0 Å². The van der Waals surface area contributed by atoms with Crippen LogP contribution in [-0.2, 0) is 7.05 Å². The highest BCUT2D eigenvalue weighted by Crippen LogP contribution is 2.24. The Labute approximate surface area is 100 Å². The molecule has 4 heteroatoms. The maximum atomic E-state index is 10.2. The van der Waals surface area contributed by atoms with Gasteiger partial charge in [0.05, 0.1) is 12.3 Å². The summed E-state index contributed by atoms with van der Waals surface area (Å²) >= 11 is 0. The van der Waals surface area contributed by atoms with Gasteiger partial charge in [0.1, 0.15) is 11.9 Å². The normalized spacial score (nSPS) is 12.4. The average molecular weight is 232 g/mol. The minimum atomic E-state index is -0.678. The third-order valence-corrected chi connectivity index (χ3v) is 2.62. The van der Waals surface area contributed by atoms with Crippen molar-refractivity contribution in [2.75, 3.05) is 6.61 Å². The van der Waals surface area contributed by atoms with E-state index in [1.54, 1.807) is 16.9 Å². The Morgan fingerprint density at radius 1 is 1.41 bits per heavy atom. The van der Waals surface area contributed by atoms with Gasteiger partial charge in [0, 0.05) is 13.2 Å². The molecule has 4 nitrogen and oxygen atoms in total. The molecule has 17 heavy (non-hydrogen) atoms. The summed E-state index contributed by atoms with van der Waals surface area (Å²) in [4.78, 5) is 0. The van der Waals surface area contributed by atoms with Crippen LogP contribution in [-0.4, -0.2) is 21.5 Å². The lowest BCUT2D eigenvalue weighted by Crippen LogP contribution is -2.06. The minimum absolute atomic E-state index is 0.616. The van der Waals surface area contributed by atoms with Gasteiger partial charge in [-0.05, 0) is 30.7 Å². The molecule has 0 aliphatic heterocycles. The highest BCUT2D eigenvalue weighted by Gasteiger charge is 2.14. The number of hydrogen-bond donors (Lipinski definition) is 1. The van der Waals surface area contributed by atoms with E-state index >= 15 is 0 Å². The van der Waals surface area contributed by atoms with Crippen molar-refractivity contribution in [1.82, 2.24) is 9.78 Å². The number of ether oxygens (including phenoxy) is 1. The Balaban J connectivity index is 2.28. The van der Waals surface area contributed by atoms with E-state index in [2.05, 4.69) is 5.10 Å². The zero-order valence-corrected chi connectivity index (χ0v) is 10.00. The predicted molar refractivity (Wildman–Crippen MR) is 64.9 cm³/mol. The van der Waals surface area contributed by atoms with Gasteiger partial charge in [0.15, 0.2) is 0 Å². The minimum Gasteiger partial charge on any atom is -0.494 e. The van der Waals surface area contributed by atoms with Crippen LogP contribution in [0, 0.1) is 0 Å². The van der Waals surface area contributed by atoms with E-state index < -0.39 is 6.10 Å². The molecule has 0 saturated carbocycles. The van der Waals surface area contributed by atoms with Gasteiger partial charge in [0.25, 0.3) is 0 Å². The van der Waals surface area contributed by atoms with Gasteiger partial charge in [-0.2, -0.15) is 5.10 Å². The van der Waals surface area contributed by atoms with Crippen molar-refractivity contribution in [3.05, 3.63) is 47.8 Å². The van der Waals surface area contributed by atoms with Crippen LogP contribution in [0.25, 0.3) is 0 Å². The van der Waals surface area contributed by atoms with Gasteiger partial charge >= 0.3 is 0 Å². The Morgan fingerprint density at radius 3 is 2.88 bits per heavy atom. The Morgan fingerprint density at radius 2 is 2.24 bits per heavy atom. The molecule has 1 N–H and O–H groups in total. The number of nitrogens with zero attached hydrogens (tertiary/aromatic N) is 2. The van der Waals surface area contributed by atoms with Gasteiger partial charge in [-0.15, -0.1) is 0 Å². The number of benzene rings is 1. The predicted octanol–water partition coefficient (Wildman–Crippen LogP) is 1.90. The molecule has 2 rings (SSSR count). The van der Waals surface area contributed by atoms with Gasteiger partial charge in [-0.25, -0.2) is 0 Å². The largest absolute Gasteiger partial charge is 0.494 e. The molecule has 0 saturated heterocycles. The first-order chi connectivity index (χ1) is 8.22. The lowest BCUT2D eigenvalue weighted by Gasteiger charge is -2.12. The zero-order chi connectivity index (χ0) is 12.3. The highest BCUT2D eigenvalue weighted by atomic mass is 16.5. The van der Waals surface area contributed by atoms with Gasteiger partial charge in [0.2, 0.25) is 0 Å². The maximum Gasteiger partial charge on any atom is 0.121 e. The highest BCUT2D eigenvalue weighted by molar-refractivity contribution is 5.33. The second-order valence-electron chi connectivity index (χ2n) is 3.79. The fourth-order valence-electron chi connectivity index (χ4n) is 1.76. The molecular weight excluding hydrogens is 216 g/mol. The zero-order valence-electron chi connectivity index (χ0n) is 10.00. The summed E-state index contributed by atoms with van der Waals surface area (Å²) in [6, 6.07) is 9.28. The summed E-state index contributed by atoms with van der Waals surface area (Å²) in [6.07, 6.45) is 0.994. The molecule has 1 unspecified atom stereocenters. The first-order valence-electron chi connectivity index (χ1n) is 5.61. The third kappa shape index (κ3) is 2.47. The standard InChI is InChI=1S/C13H16N2O2/c1-3-17-11-6-4-5-10(9-11)13(16)12-7-8-14-15(12)2/h4-9,13,16H,3H2,1-2H3. The second kappa shape index (κ2) is 5.01. The van der Waals surface area contributed by atoms with Crippen molar-refractivity contribution < 1.29 is 9.84 Å². The van der Waals surface area contributed by atoms with Crippen molar-refractivity contribution >= 4 is 0 Å². The summed E-state index contributed by atoms with van der Waals surface area (Å²) < 4.78 is 7.08. The van der Waals surface area contributed by atoms with E-state index in [4.69, 9.17) is 4.74 Å². The number of aliphatic hydroxyl groups is 1. The Hall–Kier alpha value is -1.81. The molecule has 90 valence electrons. The molecule has 1 heterocycles. The molecule has 1 atom stereocenters. The van der Waals surface area contributed by atoms with E-state index in [9.17, 15) is 5.11 Å². The lowest BCUT2D eigenvalue weighted by molar-refractivity contribution is 0.209. The topological polar surface area (TPSA) is 47.3 Å². The molecule has 0 radical (unpaired) electrons. The van der Waals surface area contributed by atoms with E-state index in [1.807, 2.05) is 38.2 Å². The smallest absolute Gasteiger partial charge is 0.121 e. The second-order valence-corrected chi connectivity index (χ2v) is 3.79. The van der Waals surface area contributed by atoms with Crippen molar-refractivity contribution in [3.63, 3.8) is 0 Å². The summed E-state index contributed by atoms with van der Waals surface area (Å²) in [6.45, 7) is 2.55. The van der Waals surface area contributed by atoms with Crippen LogP contribution in [0.15, 0.2) is 36.5 Å². The molecule has 0 fully saturated rings. The summed E-state index contributed by atoms with van der Waals surface area (Å²) in [7, 11) is 1.81. The SMILES string of the molecule is CCOc1cccc(C(O)c2ccnn2C)c1. The molecule has 0 bridgehead atoms. The Kier molecular flexibility index (Phi) is 3.44. The molecule has 0 amide bonds. The van der Waals surface area contributed by atoms with E-state index in [0.717, 1.165) is 17.0 Å². The lowest BCUT2D eigenvalue weighted by atomic mass is 10.1. The van der Waals surface area contributed by atoms with Crippen LogP contribution >= 0.6 is 0 Å². The van der Waals surface area contributed by atoms with Gasteiger partial charge < -0.3 is 9.84 Å². The van der Waals surface area contributed by atoms with E-state index in [0.29, 0.717) is 6.61 Å². The van der Waals surface area contributed by atoms with Crippen molar-refractivity contribution in [1.29, 1.82) is 0 Å². The molecule has 1 aromatic carbocycles. The fraction of sp³-hybridized carbons (Fsp3) is 0.308. The summed E-state index contributed by atoms with van der Waals surface area (Å²) in [5.74, 6) is 0.770. The van der Waals surface area contributed by atoms with Crippen molar-refractivity contribution in [2.24, 2.45) is 7.05 Å². The maximum absolute atomic E-state index is 10.2. The van der Waals surface area contributed by atoms with Crippen LogP contribution < -0.4 is 4.74 Å². The first kappa shape index (κ1) is 11.7. The molecule has 0 aliphatic carbocycles. The van der Waals surface area contributed by atoms with Crippen LogP contribution in [0.4, 0.5) is 0 Å². The average Bonchev–Trinajstić information content (AvgIpc) is 2.75. The van der Waals surface area contributed by atoms with Crippen LogP contribution in [0.5, 0.6) is 5.75 Å². The number of aromatic nitrogens is 2. The molecule has 0 aliphatic rings. The number of aryl methyl sites for hydroxylation is 1. The molecule has 2 aromatic rings. The van der Waals surface area contributed by atoms with E-state index in [-0.39, 0.29) is 0 Å². The van der Waals surface area contributed by atoms with Crippen LogP contribution in [0.1, 0.15) is 24.3 Å². The quantitative estimate of drug-likeness (QED) is 0.875. The van der Waals surface area contributed by atoms with Gasteiger partial charge in [-0.1, -0.05) is 12.1 Å².